The summed E-state index contributed by atoms with van der Waals surface area (Å²) in [5.41, 5.74) is 1.10. The van der Waals surface area contributed by atoms with E-state index in [1.54, 1.807) is 12.1 Å². The van der Waals surface area contributed by atoms with E-state index < -0.39 is 24.0 Å². The summed E-state index contributed by atoms with van der Waals surface area (Å²) in [6, 6.07) is 6.70. The Bertz CT molecular complexity index is 900. The van der Waals surface area contributed by atoms with Crippen LogP contribution in [0.2, 0.25) is 0 Å². The Morgan fingerprint density at radius 1 is 1.17 bits per heavy atom. The highest BCUT2D eigenvalue weighted by Gasteiger charge is 2.27. The highest BCUT2D eigenvalue weighted by molar-refractivity contribution is 6.00. The van der Waals surface area contributed by atoms with Gasteiger partial charge in [-0.25, -0.2) is 9.59 Å². The molecule has 8 heteroatoms. The summed E-state index contributed by atoms with van der Waals surface area (Å²) < 4.78 is 16.4. The van der Waals surface area contributed by atoms with Crippen LogP contribution in [0.4, 0.5) is 4.79 Å². The van der Waals surface area contributed by atoms with Crippen LogP contribution in [0.15, 0.2) is 28.7 Å². The lowest BCUT2D eigenvalue weighted by molar-refractivity contribution is -0.128. The SMILES string of the molecule is CCOCc1c(C(=O)O[C@H](C)C(=O)NC(=O)NC2CCCCC2)oc2ccccc12. The number of fused-ring (bicyclic) bond motifs is 1. The Morgan fingerprint density at radius 2 is 1.90 bits per heavy atom. The van der Waals surface area contributed by atoms with Gasteiger partial charge in [0.25, 0.3) is 5.91 Å². The fourth-order valence-electron chi connectivity index (χ4n) is 3.56. The summed E-state index contributed by atoms with van der Waals surface area (Å²) >= 11 is 0. The van der Waals surface area contributed by atoms with E-state index in [0.29, 0.717) is 17.8 Å². The first-order valence-electron chi connectivity index (χ1n) is 10.4. The van der Waals surface area contributed by atoms with Crippen molar-refractivity contribution in [2.24, 2.45) is 0 Å². The van der Waals surface area contributed by atoms with Crippen molar-refractivity contribution in [1.82, 2.24) is 10.6 Å². The second-order valence-corrected chi connectivity index (χ2v) is 7.39. The molecular weight excluding hydrogens is 388 g/mol. The number of para-hydroxylation sites is 1. The fourth-order valence-corrected chi connectivity index (χ4v) is 3.56. The lowest BCUT2D eigenvalue weighted by atomic mass is 9.96. The molecule has 1 aromatic carbocycles. The Balaban J connectivity index is 1.61. The molecule has 1 saturated carbocycles. The fraction of sp³-hybridized carbons (Fsp3) is 0.500. The molecular formula is C22H28N2O6. The van der Waals surface area contributed by atoms with Crippen LogP contribution >= 0.6 is 0 Å². The molecule has 1 fully saturated rings. The molecule has 1 aliphatic rings. The van der Waals surface area contributed by atoms with Gasteiger partial charge in [0, 0.05) is 23.6 Å². The van der Waals surface area contributed by atoms with Gasteiger partial charge in [0.2, 0.25) is 5.76 Å². The summed E-state index contributed by atoms with van der Waals surface area (Å²) in [6.07, 6.45) is 3.94. The lowest BCUT2D eigenvalue weighted by Crippen LogP contribution is -2.48. The molecule has 2 aromatic rings. The van der Waals surface area contributed by atoms with Crippen LogP contribution in [0.3, 0.4) is 0 Å². The number of esters is 1. The van der Waals surface area contributed by atoms with Crippen molar-refractivity contribution in [2.75, 3.05) is 6.61 Å². The van der Waals surface area contributed by atoms with Gasteiger partial charge >= 0.3 is 12.0 Å². The maximum Gasteiger partial charge on any atom is 0.375 e. The molecule has 3 rings (SSSR count). The summed E-state index contributed by atoms with van der Waals surface area (Å²) in [5, 5.41) is 5.78. The first-order valence-corrected chi connectivity index (χ1v) is 10.4. The van der Waals surface area contributed by atoms with Crippen LogP contribution in [0, 0.1) is 0 Å². The number of furan rings is 1. The summed E-state index contributed by atoms with van der Waals surface area (Å²) in [4.78, 5) is 37.0. The minimum Gasteiger partial charge on any atom is -0.449 e. The molecule has 1 heterocycles. The van der Waals surface area contributed by atoms with Crippen molar-refractivity contribution in [3.8, 4) is 0 Å². The number of hydrogen-bond donors (Lipinski definition) is 2. The van der Waals surface area contributed by atoms with Crippen molar-refractivity contribution in [3.05, 3.63) is 35.6 Å². The number of urea groups is 1. The number of rotatable bonds is 7. The standard InChI is InChI=1S/C22H28N2O6/c1-3-28-13-17-16-11-7-8-12-18(16)30-19(17)21(26)29-14(2)20(25)24-22(27)23-15-9-5-4-6-10-15/h7-8,11-12,14-15H,3-6,9-10,13H2,1-2H3,(H2,23,24,25,27)/t14-/m1/s1. The molecule has 0 aliphatic heterocycles. The first kappa shape index (κ1) is 21.8. The van der Waals surface area contributed by atoms with Gasteiger partial charge in [-0.2, -0.15) is 0 Å². The number of benzene rings is 1. The van der Waals surface area contributed by atoms with E-state index in [-0.39, 0.29) is 18.4 Å². The van der Waals surface area contributed by atoms with E-state index in [2.05, 4.69) is 10.6 Å². The highest BCUT2D eigenvalue weighted by Crippen LogP contribution is 2.27. The van der Waals surface area contributed by atoms with Gasteiger partial charge in [0.05, 0.1) is 6.61 Å². The third-order valence-corrected chi connectivity index (χ3v) is 5.16. The number of carbonyl (C=O) groups is 3. The molecule has 1 aromatic heterocycles. The van der Waals surface area contributed by atoms with Crippen molar-refractivity contribution in [2.45, 2.75) is 64.7 Å². The molecule has 30 heavy (non-hydrogen) atoms. The van der Waals surface area contributed by atoms with E-state index in [9.17, 15) is 14.4 Å². The zero-order valence-corrected chi connectivity index (χ0v) is 17.4. The second-order valence-electron chi connectivity index (χ2n) is 7.39. The zero-order chi connectivity index (χ0) is 21.5. The summed E-state index contributed by atoms with van der Waals surface area (Å²) in [6.45, 7) is 3.92. The Morgan fingerprint density at radius 3 is 2.63 bits per heavy atom. The average Bonchev–Trinajstić information content (AvgIpc) is 3.11. The molecule has 0 spiro atoms. The first-order chi connectivity index (χ1) is 14.5. The molecule has 1 atom stereocenters. The van der Waals surface area contributed by atoms with E-state index in [4.69, 9.17) is 13.9 Å². The maximum atomic E-state index is 12.7. The highest BCUT2D eigenvalue weighted by atomic mass is 16.6. The zero-order valence-electron chi connectivity index (χ0n) is 17.4. The largest absolute Gasteiger partial charge is 0.449 e. The average molecular weight is 416 g/mol. The number of carbonyl (C=O) groups excluding carboxylic acids is 3. The van der Waals surface area contributed by atoms with Crippen molar-refractivity contribution in [3.63, 3.8) is 0 Å². The molecule has 8 nitrogen and oxygen atoms in total. The number of imide groups is 1. The van der Waals surface area contributed by atoms with Crippen LogP contribution in [-0.4, -0.2) is 36.7 Å². The van der Waals surface area contributed by atoms with Gasteiger partial charge in [-0.05, 0) is 32.8 Å². The Kier molecular flexibility index (Phi) is 7.46. The molecule has 162 valence electrons. The lowest BCUT2D eigenvalue weighted by Gasteiger charge is -2.23. The van der Waals surface area contributed by atoms with Gasteiger partial charge in [-0.3, -0.25) is 10.1 Å². The van der Waals surface area contributed by atoms with Gasteiger partial charge in [-0.15, -0.1) is 0 Å². The van der Waals surface area contributed by atoms with Crippen LogP contribution < -0.4 is 10.6 Å². The number of hydrogen-bond acceptors (Lipinski definition) is 6. The number of ether oxygens (including phenoxy) is 2. The van der Waals surface area contributed by atoms with Crippen LogP contribution in [0.5, 0.6) is 0 Å². The predicted octanol–water partition coefficient (Wildman–Crippen LogP) is 3.67. The van der Waals surface area contributed by atoms with E-state index in [1.807, 2.05) is 19.1 Å². The third-order valence-electron chi connectivity index (χ3n) is 5.16. The smallest absolute Gasteiger partial charge is 0.375 e. The van der Waals surface area contributed by atoms with Crippen LogP contribution in [0.25, 0.3) is 11.0 Å². The van der Waals surface area contributed by atoms with Crippen molar-refractivity contribution < 1.29 is 28.3 Å². The van der Waals surface area contributed by atoms with Gasteiger partial charge in [0.15, 0.2) is 6.10 Å². The normalized spacial score (nSPS) is 15.5. The number of nitrogens with one attached hydrogen (secondary N) is 2. The van der Waals surface area contributed by atoms with Crippen molar-refractivity contribution >= 4 is 28.9 Å². The molecule has 1 aliphatic carbocycles. The van der Waals surface area contributed by atoms with Gasteiger partial charge < -0.3 is 19.2 Å². The number of amides is 3. The summed E-state index contributed by atoms with van der Waals surface area (Å²) in [5.74, 6) is -1.48. The Labute approximate surface area is 175 Å². The minimum absolute atomic E-state index is 0.00374. The van der Waals surface area contributed by atoms with Crippen LogP contribution in [-0.2, 0) is 20.9 Å². The third kappa shape index (κ3) is 5.38. The molecule has 0 bridgehead atoms. The van der Waals surface area contributed by atoms with Gasteiger partial charge in [0.1, 0.15) is 5.58 Å². The van der Waals surface area contributed by atoms with E-state index >= 15 is 0 Å². The molecule has 0 radical (unpaired) electrons. The Hall–Kier alpha value is -2.87. The predicted molar refractivity (Wildman–Crippen MR) is 110 cm³/mol. The molecule has 0 unspecified atom stereocenters. The van der Waals surface area contributed by atoms with E-state index in [1.165, 1.54) is 13.3 Å². The monoisotopic (exact) mass is 416 g/mol. The molecule has 3 amide bonds. The van der Waals surface area contributed by atoms with E-state index in [0.717, 1.165) is 31.1 Å². The quantitative estimate of drug-likeness (QED) is 0.667. The van der Waals surface area contributed by atoms with Gasteiger partial charge in [-0.1, -0.05) is 37.5 Å². The van der Waals surface area contributed by atoms with Crippen LogP contribution in [0.1, 0.15) is 62.1 Å². The topological polar surface area (TPSA) is 107 Å². The second kappa shape index (κ2) is 10.2. The van der Waals surface area contributed by atoms with Crippen molar-refractivity contribution in [1.29, 1.82) is 0 Å². The molecule has 0 saturated heterocycles. The maximum absolute atomic E-state index is 12.7. The summed E-state index contributed by atoms with van der Waals surface area (Å²) in [7, 11) is 0. The minimum atomic E-state index is -1.16. The molecule has 2 N–H and O–H groups in total.